The number of hydrogen-bond donors (Lipinski definition) is 3. The van der Waals surface area contributed by atoms with Gasteiger partial charge in [-0.05, 0) is 23.8 Å². The molecular formula is C25H25F2N5O4. The van der Waals surface area contributed by atoms with Crippen molar-refractivity contribution < 1.29 is 28.2 Å². The number of nitrogens with one attached hydrogen (secondary N) is 2. The Morgan fingerprint density at radius 1 is 1.14 bits per heavy atom. The summed E-state index contributed by atoms with van der Waals surface area (Å²) in [6, 6.07) is 11.7. The standard InChI is InChI=1S/C25H25F2N5O4/c1-28-23(33)19-7-6-15(8-20(19)29-9-16-4-2-3-5-21(16)36-25(26)27)17-10-30-22(31-11-17)14-32-12-18(13-32)24(34)35/h2-8,10-11,18,25,29H,9,12-14H2,1H3,(H,28,33)(H,34,35). The number of halogens is 2. The van der Waals surface area contributed by atoms with Gasteiger partial charge in [0.15, 0.2) is 0 Å². The van der Waals surface area contributed by atoms with E-state index in [1.165, 1.54) is 13.1 Å². The Morgan fingerprint density at radius 3 is 2.53 bits per heavy atom. The highest BCUT2D eigenvalue weighted by Crippen LogP contribution is 2.28. The first-order chi connectivity index (χ1) is 17.3. The Morgan fingerprint density at radius 2 is 1.86 bits per heavy atom. The van der Waals surface area contributed by atoms with E-state index < -0.39 is 12.6 Å². The molecule has 0 spiro atoms. The third kappa shape index (κ3) is 5.92. The quantitative estimate of drug-likeness (QED) is 0.391. The molecule has 1 amide bonds. The number of carbonyl (C=O) groups is 2. The van der Waals surface area contributed by atoms with Crippen LogP contribution in [0.15, 0.2) is 54.9 Å². The van der Waals surface area contributed by atoms with E-state index >= 15 is 0 Å². The van der Waals surface area contributed by atoms with Crippen LogP contribution in [0.3, 0.4) is 0 Å². The number of amides is 1. The summed E-state index contributed by atoms with van der Waals surface area (Å²) in [5.41, 5.74) is 2.87. The van der Waals surface area contributed by atoms with Crippen LogP contribution >= 0.6 is 0 Å². The number of alkyl halides is 2. The summed E-state index contributed by atoms with van der Waals surface area (Å²) in [5, 5.41) is 14.7. The number of para-hydroxylation sites is 1. The molecule has 1 aliphatic heterocycles. The molecule has 2 aromatic carbocycles. The number of carbonyl (C=O) groups excluding carboxylic acids is 1. The number of carboxylic acid groups (broad SMARTS) is 1. The maximum atomic E-state index is 12.8. The lowest BCUT2D eigenvalue weighted by Crippen LogP contribution is -2.49. The maximum Gasteiger partial charge on any atom is 0.387 e. The number of aliphatic carboxylic acids is 1. The number of carboxylic acids is 1. The summed E-state index contributed by atoms with van der Waals surface area (Å²) >= 11 is 0. The van der Waals surface area contributed by atoms with E-state index in [1.54, 1.807) is 48.8 Å². The number of aromatic nitrogens is 2. The van der Waals surface area contributed by atoms with Gasteiger partial charge in [-0.3, -0.25) is 14.5 Å². The van der Waals surface area contributed by atoms with Gasteiger partial charge in [0, 0.05) is 55.9 Å². The Labute approximate surface area is 206 Å². The van der Waals surface area contributed by atoms with Crippen LogP contribution in [0.4, 0.5) is 14.5 Å². The van der Waals surface area contributed by atoms with Gasteiger partial charge in [0.25, 0.3) is 5.91 Å². The van der Waals surface area contributed by atoms with Crippen molar-refractivity contribution in [2.45, 2.75) is 19.7 Å². The molecule has 1 aromatic heterocycles. The van der Waals surface area contributed by atoms with E-state index in [-0.39, 0.29) is 24.1 Å². The van der Waals surface area contributed by atoms with Crippen LogP contribution in [0.5, 0.6) is 5.75 Å². The van der Waals surface area contributed by atoms with Crippen LogP contribution < -0.4 is 15.4 Å². The Hall–Kier alpha value is -4.12. The van der Waals surface area contributed by atoms with Crippen molar-refractivity contribution in [3.63, 3.8) is 0 Å². The molecule has 1 saturated heterocycles. The predicted molar refractivity (Wildman–Crippen MR) is 128 cm³/mol. The van der Waals surface area contributed by atoms with E-state index in [1.807, 2.05) is 4.90 Å². The third-order valence-electron chi connectivity index (χ3n) is 5.86. The summed E-state index contributed by atoms with van der Waals surface area (Å²) in [6.07, 6.45) is 3.34. The molecule has 1 aliphatic rings. The van der Waals surface area contributed by atoms with E-state index in [9.17, 15) is 18.4 Å². The Balaban J connectivity index is 1.51. The molecule has 0 bridgehead atoms. The largest absolute Gasteiger partial charge is 0.481 e. The number of rotatable bonds is 10. The molecule has 188 valence electrons. The van der Waals surface area contributed by atoms with Crippen molar-refractivity contribution in [3.8, 4) is 16.9 Å². The van der Waals surface area contributed by atoms with Crippen LogP contribution in [-0.4, -0.2) is 58.6 Å². The molecule has 3 N–H and O–H groups in total. The van der Waals surface area contributed by atoms with Crippen molar-refractivity contribution in [2.75, 3.05) is 25.5 Å². The first-order valence-corrected chi connectivity index (χ1v) is 11.2. The molecule has 3 aromatic rings. The van der Waals surface area contributed by atoms with E-state index in [0.717, 1.165) is 11.1 Å². The lowest BCUT2D eigenvalue weighted by molar-refractivity contribution is -0.147. The number of nitrogens with zero attached hydrogens (tertiary/aromatic N) is 3. The lowest BCUT2D eigenvalue weighted by atomic mass is 10.0. The van der Waals surface area contributed by atoms with Gasteiger partial charge in [0.05, 0.1) is 18.0 Å². The zero-order valence-electron chi connectivity index (χ0n) is 19.4. The highest BCUT2D eigenvalue weighted by Gasteiger charge is 2.32. The average Bonchev–Trinajstić information content (AvgIpc) is 2.84. The monoisotopic (exact) mass is 497 g/mol. The van der Waals surface area contributed by atoms with E-state index in [0.29, 0.717) is 42.3 Å². The fourth-order valence-electron chi connectivity index (χ4n) is 3.89. The number of benzene rings is 2. The van der Waals surface area contributed by atoms with Crippen molar-refractivity contribution in [3.05, 3.63) is 71.8 Å². The van der Waals surface area contributed by atoms with Crippen LogP contribution in [0.2, 0.25) is 0 Å². The highest BCUT2D eigenvalue weighted by atomic mass is 19.3. The number of hydrogen-bond acceptors (Lipinski definition) is 7. The average molecular weight is 498 g/mol. The topological polar surface area (TPSA) is 117 Å². The second kappa shape index (κ2) is 11.1. The molecule has 9 nitrogen and oxygen atoms in total. The molecule has 0 saturated carbocycles. The third-order valence-corrected chi connectivity index (χ3v) is 5.86. The van der Waals surface area contributed by atoms with Crippen molar-refractivity contribution in [1.29, 1.82) is 0 Å². The lowest BCUT2D eigenvalue weighted by Gasteiger charge is -2.35. The van der Waals surface area contributed by atoms with Crippen molar-refractivity contribution in [2.24, 2.45) is 5.92 Å². The molecule has 4 rings (SSSR count). The number of ether oxygens (including phenoxy) is 1. The molecule has 0 aliphatic carbocycles. The fraction of sp³-hybridized carbons (Fsp3) is 0.280. The number of anilines is 1. The normalized spacial score (nSPS) is 13.8. The van der Waals surface area contributed by atoms with Crippen LogP contribution in [0.25, 0.3) is 11.1 Å². The van der Waals surface area contributed by atoms with Gasteiger partial charge in [0.1, 0.15) is 11.6 Å². The van der Waals surface area contributed by atoms with Crippen molar-refractivity contribution >= 4 is 17.6 Å². The molecule has 1 fully saturated rings. The molecule has 0 radical (unpaired) electrons. The zero-order valence-corrected chi connectivity index (χ0v) is 19.4. The van der Waals surface area contributed by atoms with Gasteiger partial charge < -0.3 is 20.5 Å². The summed E-state index contributed by atoms with van der Waals surface area (Å²) < 4.78 is 30.1. The predicted octanol–water partition coefficient (Wildman–Crippen LogP) is 3.23. The minimum absolute atomic E-state index is 0.0542. The minimum atomic E-state index is -2.95. The summed E-state index contributed by atoms with van der Waals surface area (Å²) in [7, 11) is 1.52. The van der Waals surface area contributed by atoms with Crippen LogP contribution in [-0.2, 0) is 17.9 Å². The number of likely N-dealkylation sites (tertiary alicyclic amines) is 1. The van der Waals surface area contributed by atoms with Crippen LogP contribution in [0, 0.1) is 5.92 Å². The summed E-state index contributed by atoms with van der Waals surface area (Å²) in [5.74, 6) is -0.806. The van der Waals surface area contributed by atoms with Gasteiger partial charge in [0.2, 0.25) is 0 Å². The van der Waals surface area contributed by atoms with Gasteiger partial charge in [-0.15, -0.1) is 0 Å². The Kier molecular flexibility index (Phi) is 7.69. The van der Waals surface area contributed by atoms with Gasteiger partial charge in [-0.25, -0.2) is 9.97 Å². The van der Waals surface area contributed by atoms with Gasteiger partial charge in [-0.1, -0.05) is 24.3 Å². The SMILES string of the molecule is CNC(=O)c1ccc(-c2cnc(CN3CC(C(=O)O)C3)nc2)cc1NCc1ccccc1OC(F)F. The van der Waals surface area contributed by atoms with E-state index in [4.69, 9.17) is 5.11 Å². The summed E-state index contributed by atoms with van der Waals surface area (Å²) in [4.78, 5) is 34.1. The maximum absolute atomic E-state index is 12.8. The molecule has 0 unspecified atom stereocenters. The molecule has 11 heteroatoms. The fourth-order valence-corrected chi connectivity index (χ4v) is 3.89. The first kappa shape index (κ1) is 25.0. The van der Waals surface area contributed by atoms with Crippen LogP contribution in [0.1, 0.15) is 21.7 Å². The smallest absolute Gasteiger partial charge is 0.387 e. The first-order valence-electron chi connectivity index (χ1n) is 11.2. The molecular weight excluding hydrogens is 472 g/mol. The second-order valence-corrected chi connectivity index (χ2v) is 8.30. The molecule has 36 heavy (non-hydrogen) atoms. The molecule has 2 heterocycles. The highest BCUT2D eigenvalue weighted by molar-refractivity contribution is 6.00. The van der Waals surface area contributed by atoms with Gasteiger partial charge >= 0.3 is 12.6 Å². The summed E-state index contributed by atoms with van der Waals surface area (Å²) in [6.45, 7) is -1.38. The van der Waals surface area contributed by atoms with E-state index in [2.05, 4.69) is 25.3 Å². The second-order valence-electron chi connectivity index (χ2n) is 8.30. The zero-order chi connectivity index (χ0) is 25.7. The Bertz CT molecular complexity index is 1230. The van der Waals surface area contributed by atoms with Crippen molar-refractivity contribution in [1.82, 2.24) is 20.2 Å². The van der Waals surface area contributed by atoms with Gasteiger partial charge in [-0.2, -0.15) is 8.78 Å². The minimum Gasteiger partial charge on any atom is -0.481 e. The molecule has 0 atom stereocenters.